The highest BCUT2D eigenvalue weighted by Crippen LogP contribution is 2.21. The van der Waals surface area contributed by atoms with Gasteiger partial charge in [-0.25, -0.2) is 4.39 Å². The van der Waals surface area contributed by atoms with Crippen molar-refractivity contribution in [1.82, 2.24) is 0 Å². The summed E-state index contributed by atoms with van der Waals surface area (Å²) in [6.45, 7) is 0. The van der Waals surface area contributed by atoms with Crippen molar-refractivity contribution in [2.75, 3.05) is 0 Å². The van der Waals surface area contributed by atoms with Gasteiger partial charge in [0.15, 0.2) is 0 Å². The number of thiophene rings is 1. The van der Waals surface area contributed by atoms with Crippen LogP contribution in [-0.2, 0) is 6.42 Å². The molecule has 0 spiro atoms. The van der Waals surface area contributed by atoms with Crippen LogP contribution in [-0.4, -0.2) is 0 Å². The van der Waals surface area contributed by atoms with Crippen molar-refractivity contribution in [2.24, 2.45) is 0 Å². The van der Waals surface area contributed by atoms with E-state index in [-0.39, 0.29) is 5.82 Å². The number of halogens is 2. The maximum absolute atomic E-state index is 12.6. The monoisotopic (exact) mass is 318 g/mol. The third kappa shape index (κ3) is 2.33. The first kappa shape index (κ1) is 10.1. The van der Waals surface area contributed by atoms with E-state index in [0.717, 1.165) is 12.0 Å². The summed E-state index contributed by atoms with van der Waals surface area (Å²) < 4.78 is 14.0. The van der Waals surface area contributed by atoms with Crippen LogP contribution < -0.4 is 0 Å². The molecule has 0 unspecified atom stereocenters. The van der Waals surface area contributed by atoms with Crippen LogP contribution in [0.5, 0.6) is 0 Å². The molecule has 0 nitrogen and oxygen atoms in total. The molecule has 1 heterocycles. The molecule has 2 rings (SSSR count). The Hall–Kier alpha value is -0.420. The third-order valence-corrected chi connectivity index (χ3v) is 4.20. The molecule has 2 aromatic rings. The van der Waals surface area contributed by atoms with Crippen LogP contribution in [0.3, 0.4) is 0 Å². The van der Waals surface area contributed by atoms with Gasteiger partial charge in [-0.3, -0.25) is 0 Å². The molecule has 0 saturated carbocycles. The minimum Gasteiger partial charge on any atom is -0.207 e. The van der Waals surface area contributed by atoms with Crippen LogP contribution in [0.1, 0.15) is 11.1 Å². The van der Waals surface area contributed by atoms with E-state index in [1.165, 1.54) is 20.6 Å². The molecular formula is C11H8FIS. The Morgan fingerprint density at radius 3 is 2.43 bits per heavy atom. The van der Waals surface area contributed by atoms with Gasteiger partial charge in [0.05, 0.1) is 2.88 Å². The largest absolute Gasteiger partial charge is 0.207 e. The molecule has 0 saturated heterocycles. The van der Waals surface area contributed by atoms with Crippen LogP contribution >= 0.6 is 33.9 Å². The van der Waals surface area contributed by atoms with Gasteiger partial charge < -0.3 is 0 Å². The first-order chi connectivity index (χ1) is 6.75. The summed E-state index contributed by atoms with van der Waals surface area (Å²) in [5.74, 6) is -0.172. The first-order valence-corrected chi connectivity index (χ1v) is 6.18. The average Bonchev–Trinajstić information content (AvgIpc) is 2.56. The minimum absolute atomic E-state index is 0.172. The SMILES string of the molecule is Fc1ccc(Cc2ccsc2I)cc1. The zero-order valence-electron chi connectivity index (χ0n) is 7.34. The molecule has 14 heavy (non-hydrogen) atoms. The minimum atomic E-state index is -0.172. The summed E-state index contributed by atoms with van der Waals surface area (Å²) >= 11 is 4.07. The highest BCUT2D eigenvalue weighted by Gasteiger charge is 2.02. The number of hydrogen-bond acceptors (Lipinski definition) is 1. The van der Waals surface area contributed by atoms with Gasteiger partial charge in [-0.15, -0.1) is 11.3 Å². The van der Waals surface area contributed by atoms with Crippen LogP contribution in [0.2, 0.25) is 0 Å². The standard InChI is InChI=1S/C11H8FIS/c12-10-3-1-8(2-4-10)7-9-5-6-14-11(9)13/h1-6H,7H2. The van der Waals surface area contributed by atoms with Gasteiger partial charge in [-0.1, -0.05) is 12.1 Å². The fraction of sp³-hybridized carbons (Fsp3) is 0.0909. The topological polar surface area (TPSA) is 0 Å². The zero-order chi connectivity index (χ0) is 9.97. The van der Waals surface area contributed by atoms with E-state index in [1.54, 1.807) is 11.3 Å². The van der Waals surface area contributed by atoms with E-state index in [2.05, 4.69) is 34.0 Å². The predicted octanol–water partition coefficient (Wildman–Crippen LogP) is 4.08. The fourth-order valence-corrected chi connectivity index (χ4v) is 2.72. The molecule has 0 amide bonds. The summed E-state index contributed by atoms with van der Waals surface area (Å²) in [5, 5.41) is 2.08. The van der Waals surface area contributed by atoms with Crippen molar-refractivity contribution in [3.63, 3.8) is 0 Å². The molecular weight excluding hydrogens is 310 g/mol. The second-order valence-electron chi connectivity index (χ2n) is 3.02. The Morgan fingerprint density at radius 2 is 1.86 bits per heavy atom. The molecule has 0 aliphatic heterocycles. The fourth-order valence-electron chi connectivity index (χ4n) is 1.27. The van der Waals surface area contributed by atoms with E-state index < -0.39 is 0 Å². The summed E-state index contributed by atoms with van der Waals surface area (Å²) in [6.07, 6.45) is 0.891. The lowest BCUT2D eigenvalue weighted by molar-refractivity contribution is 0.627. The molecule has 0 aliphatic rings. The quantitative estimate of drug-likeness (QED) is 0.732. The summed E-state index contributed by atoms with van der Waals surface area (Å²) in [6, 6.07) is 8.81. The zero-order valence-corrected chi connectivity index (χ0v) is 10.3. The Kier molecular flexibility index (Phi) is 3.18. The summed E-state index contributed by atoms with van der Waals surface area (Å²) in [5.41, 5.74) is 2.48. The summed E-state index contributed by atoms with van der Waals surface area (Å²) in [4.78, 5) is 0. The molecule has 3 heteroatoms. The Balaban J connectivity index is 2.19. The Morgan fingerprint density at radius 1 is 1.14 bits per heavy atom. The number of rotatable bonds is 2. The molecule has 72 valence electrons. The van der Waals surface area contributed by atoms with Crippen molar-refractivity contribution in [3.8, 4) is 0 Å². The number of hydrogen-bond donors (Lipinski definition) is 0. The number of benzene rings is 1. The van der Waals surface area contributed by atoms with E-state index in [9.17, 15) is 4.39 Å². The molecule has 0 radical (unpaired) electrons. The lowest BCUT2D eigenvalue weighted by atomic mass is 10.1. The lowest BCUT2D eigenvalue weighted by Crippen LogP contribution is -1.87. The first-order valence-electron chi connectivity index (χ1n) is 4.22. The van der Waals surface area contributed by atoms with E-state index in [0.29, 0.717) is 0 Å². The molecule has 1 aromatic heterocycles. The van der Waals surface area contributed by atoms with E-state index >= 15 is 0 Å². The van der Waals surface area contributed by atoms with Crippen molar-refractivity contribution in [1.29, 1.82) is 0 Å². The normalized spacial score (nSPS) is 10.4. The van der Waals surface area contributed by atoms with Crippen LogP contribution in [0.25, 0.3) is 0 Å². The van der Waals surface area contributed by atoms with Crippen molar-refractivity contribution < 1.29 is 4.39 Å². The molecule has 0 N–H and O–H groups in total. The molecule has 0 aliphatic carbocycles. The van der Waals surface area contributed by atoms with Crippen molar-refractivity contribution >= 4 is 33.9 Å². The van der Waals surface area contributed by atoms with Crippen LogP contribution in [0.4, 0.5) is 4.39 Å². The second-order valence-corrected chi connectivity index (χ2v) is 5.75. The van der Waals surface area contributed by atoms with Gasteiger partial charge >= 0.3 is 0 Å². The predicted molar refractivity (Wildman–Crippen MR) is 66.2 cm³/mol. The highest BCUT2D eigenvalue weighted by atomic mass is 127. The van der Waals surface area contributed by atoms with Crippen LogP contribution in [0.15, 0.2) is 35.7 Å². The van der Waals surface area contributed by atoms with Gasteiger partial charge in [0.2, 0.25) is 0 Å². The molecule has 1 aromatic carbocycles. The third-order valence-electron chi connectivity index (χ3n) is 2.00. The Bertz CT molecular complexity index is 419. The van der Waals surface area contributed by atoms with Gasteiger partial charge in [-0.05, 0) is 63.7 Å². The maximum atomic E-state index is 12.6. The van der Waals surface area contributed by atoms with Crippen molar-refractivity contribution in [3.05, 3.63) is 55.5 Å². The molecule has 0 bridgehead atoms. The molecule has 0 atom stereocenters. The smallest absolute Gasteiger partial charge is 0.123 e. The average molecular weight is 318 g/mol. The van der Waals surface area contributed by atoms with E-state index in [1.807, 2.05) is 12.1 Å². The van der Waals surface area contributed by atoms with E-state index in [4.69, 9.17) is 0 Å². The maximum Gasteiger partial charge on any atom is 0.123 e. The van der Waals surface area contributed by atoms with Gasteiger partial charge in [0.25, 0.3) is 0 Å². The van der Waals surface area contributed by atoms with Gasteiger partial charge in [0, 0.05) is 0 Å². The summed E-state index contributed by atoms with van der Waals surface area (Å²) in [7, 11) is 0. The van der Waals surface area contributed by atoms with Crippen molar-refractivity contribution in [2.45, 2.75) is 6.42 Å². The van der Waals surface area contributed by atoms with Gasteiger partial charge in [0.1, 0.15) is 5.82 Å². The molecule has 0 fully saturated rings. The Labute approximate surface area is 99.9 Å². The highest BCUT2D eigenvalue weighted by molar-refractivity contribution is 14.1. The van der Waals surface area contributed by atoms with Gasteiger partial charge in [-0.2, -0.15) is 0 Å². The van der Waals surface area contributed by atoms with Crippen LogP contribution in [0, 0.1) is 8.70 Å². The second kappa shape index (κ2) is 4.40. The lowest BCUT2D eigenvalue weighted by Gasteiger charge is -1.99.